The van der Waals surface area contributed by atoms with E-state index in [1.54, 1.807) is 4.72 Å². The van der Waals surface area contributed by atoms with Crippen LogP contribution in [-0.2, 0) is 35.0 Å². The smallest absolute Gasteiger partial charge is 0.349 e. The van der Waals surface area contributed by atoms with Crippen LogP contribution < -0.4 is 34.3 Å². The number of methoxy groups -OCH3 is 4. The highest BCUT2D eigenvalue weighted by atomic mass is 32.3. The lowest BCUT2D eigenvalue weighted by molar-refractivity contribution is 0.0602. The van der Waals surface area contributed by atoms with Gasteiger partial charge in [-0.05, 0) is 18.4 Å². The van der Waals surface area contributed by atoms with E-state index in [1.165, 1.54) is 50.5 Å². The number of rotatable bonds is 11. The highest BCUT2D eigenvalue weighted by molar-refractivity contribution is 8.03. The molecule has 0 saturated heterocycles. The summed E-state index contributed by atoms with van der Waals surface area (Å²) in [5.41, 5.74) is 0. The topological polar surface area (TPSA) is 306 Å². The van der Waals surface area contributed by atoms with Crippen molar-refractivity contribution in [3.63, 3.8) is 0 Å². The van der Waals surface area contributed by atoms with Crippen molar-refractivity contribution in [3.05, 3.63) is 28.2 Å². The Morgan fingerprint density at radius 3 is 1.83 bits per heavy atom. The van der Waals surface area contributed by atoms with Gasteiger partial charge in [0, 0.05) is 7.05 Å². The molecule has 0 spiro atoms. The van der Waals surface area contributed by atoms with Crippen molar-refractivity contribution in [2.75, 3.05) is 52.4 Å². The number of aryl methyl sites for hydroxylation is 1. The number of carbonyl (C=O) groups excluding carboxylic acids is 3. The summed E-state index contributed by atoms with van der Waals surface area (Å²) in [6.45, 7) is 1.54. The molecule has 23 nitrogen and oxygen atoms in total. The van der Waals surface area contributed by atoms with Crippen LogP contribution in [0.15, 0.2) is 22.4 Å². The Balaban J connectivity index is 0.000000335. The van der Waals surface area contributed by atoms with Gasteiger partial charge in [-0.3, -0.25) is 10.6 Å². The summed E-state index contributed by atoms with van der Waals surface area (Å²) < 4.78 is 92.7. The van der Waals surface area contributed by atoms with E-state index >= 15 is 0 Å². The van der Waals surface area contributed by atoms with Gasteiger partial charge in [0.2, 0.25) is 33.7 Å². The number of ether oxygens (including phenoxy) is 4. The van der Waals surface area contributed by atoms with Crippen LogP contribution >= 0.6 is 11.3 Å². The van der Waals surface area contributed by atoms with Gasteiger partial charge < -0.3 is 18.9 Å². The van der Waals surface area contributed by atoms with E-state index in [-0.39, 0.29) is 49.0 Å². The molecular weight excluding hydrogens is 729 g/mol. The van der Waals surface area contributed by atoms with Crippen LogP contribution in [0.3, 0.4) is 0 Å². The van der Waals surface area contributed by atoms with Crippen LogP contribution in [0.4, 0.5) is 21.5 Å². The van der Waals surface area contributed by atoms with Crippen molar-refractivity contribution in [3.8, 4) is 17.8 Å². The van der Waals surface area contributed by atoms with Gasteiger partial charge in [0.15, 0.2) is 0 Å². The maximum absolute atomic E-state index is 12.3. The third-order valence-corrected chi connectivity index (χ3v) is 10.9. The minimum atomic E-state index is -4.60. The monoisotopic (exact) mass is 756 g/mol. The molecule has 0 radical (unpaired) electrons. The van der Waals surface area contributed by atoms with Gasteiger partial charge in [0.25, 0.3) is 10.0 Å². The van der Waals surface area contributed by atoms with Gasteiger partial charge in [-0.2, -0.15) is 33.3 Å². The molecule has 4 amide bonds. The molecule has 264 valence electrons. The number of esters is 1. The van der Waals surface area contributed by atoms with Gasteiger partial charge >= 0.3 is 34.3 Å². The molecule has 3 heterocycles. The Morgan fingerprint density at radius 2 is 1.33 bits per heavy atom. The van der Waals surface area contributed by atoms with E-state index in [0.717, 1.165) is 25.5 Å². The maximum atomic E-state index is 12.3. The molecule has 4 N–H and O–H groups in total. The van der Waals surface area contributed by atoms with Gasteiger partial charge in [-0.25, -0.2) is 40.7 Å². The van der Waals surface area contributed by atoms with Crippen LogP contribution in [0.1, 0.15) is 15.5 Å². The number of nitrogens with one attached hydrogen (secondary N) is 4. The summed E-state index contributed by atoms with van der Waals surface area (Å²) >= 11 is 0.872. The predicted octanol–water partition coefficient (Wildman–Crippen LogP) is -0.701. The second kappa shape index (κ2) is 16.2. The lowest BCUT2D eigenvalue weighted by Crippen LogP contribution is -2.45. The summed E-state index contributed by atoms with van der Waals surface area (Å²) in [5.74, 6) is -0.956. The average molecular weight is 757 g/mol. The zero-order chi connectivity index (χ0) is 36.4. The number of nitrogens with zero attached hydrogens (tertiary/aromatic N) is 6. The van der Waals surface area contributed by atoms with E-state index in [9.17, 15) is 39.6 Å². The molecule has 0 fully saturated rings. The van der Waals surface area contributed by atoms with Crippen molar-refractivity contribution in [2.24, 2.45) is 0 Å². The van der Waals surface area contributed by atoms with Crippen molar-refractivity contribution in [1.82, 2.24) is 38.1 Å². The highest BCUT2D eigenvalue weighted by Gasteiger charge is 2.29. The minimum Gasteiger partial charge on any atom is -0.481 e. The molecule has 0 aliphatic carbocycles. The molecule has 0 aromatic carbocycles. The highest BCUT2D eigenvalue weighted by Crippen LogP contribution is 2.23. The third-order valence-electron chi connectivity index (χ3n) is 5.00. The molecule has 3 rings (SSSR count). The molecular formula is C21H28N10O13S4. The van der Waals surface area contributed by atoms with Crippen molar-refractivity contribution >= 4 is 71.5 Å². The van der Waals surface area contributed by atoms with Crippen LogP contribution in [0.2, 0.25) is 0 Å². The Morgan fingerprint density at radius 1 is 0.792 bits per heavy atom. The van der Waals surface area contributed by atoms with E-state index in [1.807, 2.05) is 5.32 Å². The first-order valence-corrected chi connectivity index (χ1v) is 17.9. The summed E-state index contributed by atoms with van der Waals surface area (Å²) in [5, 5.41) is 5.56. The zero-order valence-corrected chi connectivity index (χ0v) is 29.1. The maximum Gasteiger partial charge on any atom is 0.349 e. The molecule has 3 aromatic heterocycles. The summed E-state index contributed by atoms with van der Waals surface area (Å²) in [6, 6.07) is 0.0850. The number of anilines is 2. The SMILES string of the molecule is COC(=O)c1sccc1S(=O)(=O)NC(=O)Nc1nc(C)nc(OC)n1.COc1cc(OC)nc(NC(=O)NS(=O)(=O)N(C)S(C)(=O)=O)n1. The molecule has 0 bridgehead atoms. The van der Waals surface area contributed by atoms with Crippen LogP contribution in [-0.4, -0.2) is 114 Å². The normalized spacial score (nSPS) is 11.3. The quantitative estimate of drug-likeness (QED) is 0.176. The van der Waals surface area contributed by atoms with E-state index < -0.39 is 48.3 Å². The lowest BCUT2D eigenvalue weighted by atomic mass is 10.5. The van der Waals surface area contributed by atoms with Crippen molar-refractivity contribution < 1.29 is 58.6 Å². The number of thiophene rings is 1. The standard InChI is InChI=1S/C12H13N5O6S2.C9H15N5O7S2/c1-6-13-10(16-12(14-6)23-3)15-11(19)17-25(20,21)7-4-5-24-8(7)9(18)22-2;1-14(22(4,16)17)23(18,19)13-9(15)12-8-10-6(20-2)5-7(11-8)21-3/h4-5H,1-3H3,(H2,13,14,15,16,17,19);5H,1-4H3,(H2,10,11,12,13,15). The molecule has 0 aliphatic rings. The number of urea groups is 2. The number of carbonyl (C=O) groups is 3. The van der Waals surface area contributed by atoms with Crippen LogP contribution in [0.25, 0.3) is 0 Å². The predicted molar refractivity (Wildman–Crippen MR) is 165 cm³/mol. The summed E-state index contributed by atoms with van der Waals surface area (Å²) in [7, 11) is -7.12. The van der Waals surface area contributed by atoms with Crippen LogP contribution in [0.5, 0.6) is 17.8 Å². The Labute approximate surface area is 277 Å². The molecule has 0 atom stereocenters. The second-order valence-electron chi connectivity index (χ2n) is 8.34. The largest absolute Gasteiger partial charge is 0.481 e. The van der Waals surface area contributed by atoms with Gasteiger partial charge in [-0.15, -0.1) is 11.3 Å². The average Bonchev–Trinajstić information content (AvgIpc) is 3.50. The Hall–Kier alpha value is -4.99. The lowest BCUT2D eigenvalue weighted by Gasteiger charge is -2.15. The second-order valence-corrected chi connectivity index (χ2v) is 14.9. The molecule has 0 aliphatic heterocycles. The molecule has 48 heavy (non-hydrogen) atoms. The first-order valence-electron chi connectivity index (χ1n) is 12.3. The van der Waals surface area contributed by atoms with E-state index in [4.69, 9.17) is 14.2 Å². The Kier molecular flexibility index (Phi) is 13.2. The first-order chi connectivity index (χ1) is 22.3. The zero-order valence-electron chi connectivity index (χ0n) is 25.9. The van der Waals surface area contributed by atoms with E-state index in [2.05, 4.69) is 35.0 Å². The number of sulfonamides is 2. The fourth-order valence-electron chi connectivity index (χ4n) is 2.81. The van der Waals surface area contributed by atoms with Crippen molar-refractivity contribution in [1.29, 1.82) is 0 Å². The number of hydrogen-bond acceptors (Lipinski definition) is 19. The third kappa shape index (κ3) is 11.1. The van der Waals surface area contributed by atoms with Crippen molar-refractivity contribution in [2.45, 2.75) is 11.8 Å². The summed E-state index contributed by atoms with van der Waals surface area (Å²) in [6.07, 6.45) is 0.667. The van der Waals surface area contributed by atoms with Crippen LogP contribution in [0, 0.1) is 6.92 Å². The molecule has 3 aromatic rings. The van der Waals surface area contributed by atoms with Gasteiger partial charge in [-0.1, -0.05) is 3.71 Å². The summed E-state index contributed by atoms with van der Waals surface area (Å²) in [4.78, 5) is 53.6. The van der Waals surface area contributed by atoms with E-state index in [0.29, 0.717) is 6.26 Å². The number of hydrogen-bond donors (Lipinski definition) is 4. The van der Waals surface area contributed by atoms with Gasteiger partial charge in [0.1, 0.15) is 15.6 Å². The fraction of sp³-hybridized carbons (Fsp3) is 0.333. The minimum absolute atomic E-state index is 0.00654. The number of amides is 4. The van der Waals surface area contributed by atoms with Gasteiger partial charge in [0.05, 0.1) is 40.8 Å². The molecule has 0 unspecified atom stereocenters. The number of aromatic nitrogens is 5. The molecule has 0 saturated carbocycles. The Bertz CT molecular complexity index is 1970. The fourth-order valence-corrected chi connectivity index (χ4v) is 7.01. The first kappa shape index (κ1) is 39.2. The molecule has 27 heteroatoms.